The SMILES string of the molecule is NCc1ccc(NC(=O)Cn2ccc(C3CC3)n2)cc1. The molecule has 1 aliphatic rings. The van der Waals surface area contributed by atoms with E-state index in [1.165, 1.54) is 12.8 Å². The Labute approximate surface area is 117 Å². The van der Waals surface area contributed by atoms with Gasteiger partial charge in [0.2, 0.25) is 5.91 Å². The Balaban J connectivity index is 1.57. The molecule has 5 nitrogen and oxygen atoms in total. The number of hydrogen-bond donors (Lipinski definition) is 2. The van der Waals surface area contributed by atoms with Gasteiger partial charge in [-0.05, 0) is 36.6 Å². The van der Waals surface area contributed by atoms with Gasteiger partial charge in [0.25, 0.3) is 0 Å². The van der Waals surface area contributed by atoms with Gasteiger partial charge in [0.1, 0.15) is 6.54 Å². The lowest BCUT2D eigenvalue weighted by Crippen LogP contribution is -2.19. The fourth-order valence-electron chi connectivity index (χ4n) is 2.13. The van der Waals surface area contributed by atoms with Crippen LogP contribution in [0.2, 0.25) is 0 Å². The number of rotatable bonds is 5. The molecule has 1 heterocycles. The standard InChI is InChI=1S/C15H18N4O/c16-9-11-1-5-13(6-2-11)17-15(20)10-19-8-7-14(18-19)12-3-4-12/h1-2,5-8,12H,3-4,9-10,16H2,(H,17,20). The second-order valence-corrected chi connectivity index (χ2v) is 5.16. The maximum Gasteiger partial charge on any atom is 0.246 e. The van der Waals surface area contributed by atoms with Gasteiger partial charge in [0, 0.05) is 24.3 Å². The Morgan fingerprint density at radius 2 is 2.05 bits per heavy atom. The molecule has 0 unspecified atom stereocenters. The van der Waals surface area contributed by atoms with Crippen molar-refractivity contribution in [1.82, 2.24) is 9.78 Å². The maximum atomic E-state index is 11.9. The average Bonchev–Trinajstić information content (AvgIpc) is 3.20. The monoisotopic (exact) mass is 270 g/mol. The van der Waals surface area contributed by atoms with Gasteiger partial charge in [0.05, 0.1) is 5.69 Å². The molecule has 0 saturated heterocycles. The van der Waals surface area contributed by atoms with Crippen LogP contribution >= 0.6 is 0 Å². The second kappa shape index (κ2) is 5.46. The topological polar surface area (TPSA) is 72.9 Å². The molecule has 2 aromatic rings. The van der Waals surface area contributed by atoms with Gasteiger partial charge in [-0.1, -0.05) is 12.1 Å². The van der Waals surface area contributed by atoms with Gasteiger partial charge < -0.3 is 11.1 Å². The molecule has 1 aromatic carbocycles. The van der Waals surface area contributed by atoms with E-state index in [1.54, 1.807) is 4.68 Å². The Morgan fingerprint density at radius 3 is 2.70 bits per heavy atom. The Morgan fingerprint density at radius 1 is 1.30 bits per heavy atom. The van der Waals surface area contributed by atoms with Crippen molar-refractivity contribution >= 4 is 11.6 Å². The van der Waals surface area contributed by atoms with Crippen LogP contribution < -0.4 is 11.1 Å². The number of nitrogens with two attached hydrogens (primary N) is 1. The molecule has 0 atom stereocenters. The molecule has 104 valence electrons. The van der Waals surface area contributed by atoms with Gasteiger partial charge in [-0.25, -0.2) is 0 Å². The zero-order chi connectivity index (χ0) is 13.9. The number of benzene rings is 1. The predicted octanol–water partition coefficient (Wildman–Crippen LogP) is 1.86. The zero-order valence-electron chi connectivity index (χ0n) is 11.2. The van der Waals surface area contributed by atoms with Crippen LogP contribution in [0.15, 0.2) is 36.5 Å². The van der Waals surface area contributed by atoms with Crippen molar-refractivity contribution in [3.63, 3.8) is 0 Å². The molecule has 1 aliphatic carbocycles. The molecule has 1 fully saturated rings. The van der Waals surface area contributed by atoms with Crippen LogP contribution in [-0.2, 0) is 17.9 Å². The van der Waals surface area contributed by atoms with Crippen molar-refractivity contribution < 1.29 is 4.79 Å². The van der Waals surface area contributed by atoms with Crippen molar-refractivity contribution in [1.29, 1.82) is 0 Å². The van der Waals surface area contributed by atoms with Crippen LogP contribution in [0, 0.1) is 0 Å². The van der Waals surface area contributed by atoms with Crippen molar-refractivity contribution in [2.45, 2.75) is 31.8 Å². The molecule has 0 bridgehead atoms. The lowest BCUT2D eigenvalue weighted by atomic mass is 10.2. The first kappa shape index (κ1) is 12.9. The van der Waals surface area contributed by atoms with Crippen molar-refractivity contribution in [2.24, 2.45) is 5.73 Å². The first-order chi connectivity index (χ1) is 9.74. The van der Waals surface area contributed by atoms with Crippen molar-refractivity contribution in [3.05, 3.63) is 47.8 Å². The summed E-state index contributed by atoms with van der Waals surface area (Å²) in [6.45, 7) is 0.747. The van der Waals surface area contributed by atoms with E-state index >= 15 is 0 Å². The summed E-state index contributed by atoms with van der Waals surface area (Å²) in [6, 6.07) is 9.54. The molecular weight excluding hydrogens is 252 g/mol. The van der Waals surface area contributed by atoms with E-state index in [2.05, 4.69) is 10.4 Å². The first-order valence-corrected chi connectivity index (χ1v) is 6.87. The minimum atomic E-state index is -0.0732. The zero-order valence-corrected chi connectivity index (χ0v) is 11.2. The van der Waals surface area contributed by atoms with Gasteiger partial charge in [-0.3, -0.25) is 9.48 Å². The fourth-order valence-corrected chi connectivity index (χ4v) is 2.13. The summed E-state index contributed by atoms with van der Waals surface area (Å²) < 4.78 is 1.69. The van der Waals surface area contributed by atoms with Crippen molar-refractivity contribution in [3.8, 4) is 0 Å². The summed E-state index contributed by atoms with van der Waals surface area (Å²) >= 11 is 0. The van der Waals surface area contributed by atoms with Gasteiger partial charge >= 0.3 is 0 Å². The third kappa shape index (κ3) is 3.05. The molecule has 3 rings (SSSR count). The fraction of sp³-hybridized carbons (Fsp3) is 0.333. The summed E-state index contributed by atoms with van der Waals surface area (Å²) in [5.74, 6) is 0.541. The highest BCUT2D eigenvalue weighted by molar-refractivity contribution is 5.90. The van der Waals surface area contributed by atoms with E-state index in [0.29, 0.717) is 12.5 Å². The van der Waals surface area contributed by atoms with Crippen LogP contribution in [0.1, 0.15) is 30.0 Å². The number of aromatic nitrogens is 2. The number of nitrogens with zero attached hydrogens (tertiary/aromatic N) is 2. The van der Waals surface area contributed by atoms with E-state index in [-0.39, 0.29) is 12.5 Å². The molecule has 0 aliphatic heterocycles. The van der Waals surface area contributed by atoms with E-state index in [9.17, 15) is 4.79 Å². The normalized spacial score (nSPS) is 14.2. The highest BCUT2D eigenvalue weighted by Gasteiger charge is 2.25. The second-order valence-electron chi connectivity index (χ2n) is 5.16. The van der Waals surface area contributed by atoms with Crippen LogP contribution in [0.3, 0.4) is 0 Å². The number of carbonyl (C=O) groups is 1. The number of nitrogens with one attached hydrogen (secondary N) is 1. The third-order valence-electron chi connectivity index (χ3n) is 3.44. The summed E-state index contributed by atoms with van der Waals surface area (Å²) in [7, 11) is 0. The molecule has 1 amide bonds. The van der Waals surface area contributed by atoms with E-state index in [4.69, 9.17) is 5.73 Å². The number of anilines is 1. The highest BCUT2D eigenvalue weighted by Crippen LogP contribution is 2.38. The quantitative estimate of drug-likeness (QED) is 0.871. The lowest BCUT2D eigenvalue weighted by Gasteiger charge is -2.06. The van der Waals surface area contributed by atoms with Crippen LogP contribution in [0.25, 0.3) is 0 Å². The molecule has 0 spiro atoms. The molecule has 1 saturated carbocycles. The van der Waals surface area contributed by atoms with Crippen molar-refractivity contribution in [2.75, 3.05) is 5.32 Å². The summed E-state index contributed by atoms with van der Waals surface area (Å²) in [6.07, 6.45) is 4.30. The Hall–Kier alpha value is -2.14. The van der Waals surface area contributed by atoms with Gasteiger partial charge in [-0.15, -0.1) is 0 Å². The molecule has 5 heteroatoms. The Kier molecular flexibility index (Phi) is 3.52. The molecule has 3 N–H and O–H groups in total. The van der Waals surface area contributed by atoms with Crippen LogP contribution in [0.5, 0.6) is 0 Å². The maximum absolute atomic E-state index is 11.9. The average molecular weight is 270 g/mol. The highest BCUT2D eigenvalue weighted by atomic mass is 16.2. The summed E-state index contributed by atoms with van der Waals surface area (Å²) in [4.78, 5) is 11.9. The number of carbonyl (C=O) groups excluding carboxylic acids is 1. The third-order valence-corrected chi connectivity index (χ3v) is 3.44. The molecular formula is C15H18N4O. The number of amides is 1. The predicted molar refractivity (Wildman–Crippen MR) is 77.2 cm³/mol. The van der Waals surface area contributed by atoms with Gasteiger partial charge in [0.15, 0.2) is 0 Å². The first-order valence-electron chi connectivity index (χ1n) is 6.87. The molecule has 0 radical (unpaired) electrons. The summed E-state index contributed by atoms with van der Waals surface area (Å²) in [5, 5.41) is 7.28. The number of hydrogen-bond acceptors (Lipinski definition) is 3. The van der Waals surface area contributed by atoms with Gasteiger partial charge in [-0.2, -0.15) is 5.10 Å². The van der Waals surface area contributed by atoms with E-state index < -0.39 is 0 Å². The minimum absolute atomic E-state index is 0.0732. The van der Waals surface area contributed by atoms with Crippen LogP contribution in [-0.4, -0.2) is 15.7 Å². The minimum Gasteiger partial charge on any atom is -0.326 e. The Bertz CT molecular complexity index is 599. The molecule has 20 heavy (non-hydrogen) atoms. The van der Waals surface area contributed by atoms with E-state index in [0.717, 1.165) is 16.9 Å². The largest absolute Gasteiger partial charge is 0.326 e. The summed E-state index contributed by atoms with van der Waals surface area (Å²) in [5.41, 5.74) is 8.46. The molecule has 1 aromatic heterocycles. The lowest BCUT2D eigenvalue weighted by molar-refractivity contribution is -0.116. The smallest absolute Gasteiger partial charge is 0.246 e. The van der Waals surface area contributed by atoms with Crippen LogP contribution in [0.4, 0.5) is 5.69 Å². The van der Waals surface area contributed by atoms with E-state index in [1.807, 2.05) is 36.5 Å².